The molecule has 0 aromatic heterocycles. The first-order valence-electron chi connectivity index (χ1n) is 7.89. The smallest absolute Gasteiger partial charge is 0.220 e. The van der Waals surface area contributed by atoms with Crippen LogP contribution in [0.3, 0.4) is 0 Å². The number of nitrogens with zero attached hydrogens (tertiary/aromatic N) is 1. The van der Waals surface area contributed by atoms with Gasteiger partial charge in [0.15, 0.2) is 0 Å². The normalized spacial score (nSPS) is 15.1. The van der Waals surface area contributed by atoms with Gasteiger partial charge in [-0.25, -0.2) is 0 Å². The maximum atomic E-state index is 11.9. The molecule has 0 atom stereocenters. The molecule has 2 rings (SSSR count). The number of halogens is 1. The molecule has 2 N–H and O–H groups in total. The van der Waals surface area contributed by atoms with Gasteiger partial charge in [0.25, 0.3) is 0 Å². The molecule has 1 saturated carbocycles. The Morgan fingerprint density at radius 3 is 2.77 bits per heavy atom. The summed E-state index contributed by atoms with van der Waals surface area (Å²) < 4.78 is 0. The van der Waals surface area contributed by atoms with E-state index in [-0.39, 0.29) is 5.91 Å². The van der Waals surface area contributed by atoms with Crippen LogP contribution in [-0.2, 0) is 4.79 Å². The van der Waals surface area contributed by atoms with Crippen molar-refractivity contribution in [2.75, 3.05) is 18.4 Å². The zero-order valence-corrected chi connectivity index (χ0v) is 13.5. The lowest BCUT2D eigenvalue weighted by Crippen LogP contribution is -2.30. The Morgan fingerprint density at radius 1 is 1.27 bits per heavy atom. The summed E-state index contributed by atoms with van der Waals surface area (Å²) in [5.41, 5.74) is 1.26. The number of rotatable bonds is 6. The third-order valence-corrected chi connectivity index (χ3v) is 4.30. The molecule has 5 heteroatoms. The molecule has 1 aromatic carbocycles. The Bertz CT molecular complexity index is 547. The predicted octanol–water partition coefficient (Wildman–Crippen LogP) is 3.71. The van der Waals surface area contributed by atoms with Gasteiger partial charge in [-0.2, -0.15) is 5.26 Å². The number of carbonyl (C=O) groups excluding carboxylic acids is 1. The number of anilines is 1. The van der Waals surface area contributed by atoms with E-state index in [0.29, 0.717) is 36.0 Å². The molecule has 118 valence electrons. The molecule has 1 aliphatic rings. The summed E-state index contributed by atoms with van der Waals surface area (Å²) in [6, 6.07) is 7.26. The predicted molar refractivity (Wildman–Crippen MR) is 88.9 cm³/mol. The molecule has 1 aromatic rings. The molecular formula is C17H22ClN3O. The molecule has 0 unspecified atom stereocenters. The van der Waals surface area contributed by atoms with Crippen LogP contribution in [0.25, 0.3) is 0 Å². The van der Waals surface area contributed by atoms with Crippen LogP contribution in [0.1, 0.15) is 44.1 Å². The summed E-state index contributed by atoms with van der Waals surface area (Å²) in [7, 11) is 0. The summed E-state index contributed by atoms with van der Waals surface area (Å²) >= 11 is 5.86. The third kappa shape index (κ3) is 5.23. The van der Waals surface area contributed by atoms with E-state index in [1.165, 1.54) is 32.1 Å². The third-order valence-electron chi connectivity index (χ3n) is 4.06. The zero-order chi connectivity index (χ0) is 15.8. The number of hydrogen-bond acceptors (Lipinski definition) is 3. The molecular weight excluding hydrogens is 298 g/mol. The van der Waals surface area contributed by atoms with Gasteiger partial charge in [0.05, 0.1) is 11.3 Å². The summed E-state index contributed by atoms with van der Waals surface area (Å²) in [5, 5.41) is 15.7. The number of amides is 1. The van der Waals surface area contributed by atoms with Crippen molar-refractivity contribution >= 4 is 23.2 Å². The van der Waals surface area contributed by atoms with Crippen molar-refractivity contribution in [3.8, 4) is 6.07 Å². The first kappa shape index (κ1) is 16.6. The highest BCUT2D eigenvalue weighted by Crippen LogP contribution is 2.26. The van der Waals surface area contributed by atoms with Gasteiger partial charge < -0.3 is 10.6 Å². The van der Waals surface area contributed by atoms with Crippen LogP contribution in [0.2, 0.25) is 5.02 Å². The van der Waals surface area contributed by atoms with E-state index in [2.05, 4.69) is 16.7 Å². The van der Waals surface area contributed by atoms with Crippen LogP contribution in [0, 0.1) is 17.2 Å². The van der Waals surface area contributed by atoms with E-state index in [4.69, 9.17) is 16.9 Å². The lowest BCUT2D eigenvalue weighted by molar-refractivity contribution is -0.122. The van der Waals surface area contributed by atoms with Crippen LogP contribution < -0.4 is 10.6 Å². The minimum absolute atomic E-state index is 0.130. The van der Waals surface area contributed by atoms with Gasteiger partial charge >= 0.3 is 0 Å². The fourth-order valence-electron chi connectivity index (χ4n) is 2.89. The van der Waals surface area contributed by atoms with Crippen molar-refractivity contribution in [3.63, 3.8) is 0 Å². The topological polar surface area (TPSA) is 64.9 Å². The summed E-state index contributed by atoms with van der Waals surface area (Å²) in [5.74, 6) is 0.688. The average Bonchev–Trinajstić information content (AvgIpc) is 2.53. The highest BCUT2D eigenvalue weighted by Gasteiger charge is 2.16. The second-order valence-corrected chi connectivity index (χ2v) is 6.22. The minimum atomic E-state index is 0.130. The minimum Gasteiger partial charge on any atom is -0.382 e. The zero-order valence-electron chi connectivity index (χ0n) is 12.7. The van der Waals surface area contributed by atoms with Crippen LogP contribution in [0.4, 0.5) is 5.69 Å². The van der Waals surface area contributed by atoms with Crippen molar-refractivity contribution in [1.29, 1.82) is 5.26 Å². The fourth-order valence-corrected chi connectivity index (χ4v) is 3.06. The van der Waals surface area contributed by atoms with Crippen molar-refractivity contribution in [2.24, 2.45) is 5.92 Å². The monoisotopic (exact) mass is 319 g/mol. The highest BCUT2D eigenvalue weighted by molar-refractivity contribution is 6.30. The Kier molecular flexibility index (Phi) is 6.54. The molecule has 0 spiro atoms. The quantitative estimate of drug-likeness (QED) is 0.786. The van der Waals surface area contributed by atoms with Gasteiger partial charge in [0.2, 0.25) is 5.91 Å². The maximum absolute atomic E-state index is 11.9. The first-order chi connectivity index (χ1) is 10.7. The molecule has 0 bridgehead atoms. The van der Waals surface area contributed by atoms with Crippen molar-refractivity contribution in [3.05, 3.63) is 28.8 Å². The van der Waals surface area contributed by atoms with Crippen LogP contribution in [0.5, 0.6) is 0 Å². The van der Waals surface area contributed by atoms with Gasteiger partial charge in [-0.15, -0.1) is 0 Å². The van der Waals surface area contributed by atoms with Gasteiger partial charge in [-0.05, 0) is 37.0 Å². The lowest BCUT2D eigenvalue weighted by Gasteiger charge is -2.20. The number of benzene rings is 1. The highest BCUT2D eigenvalue weighted by atomic mass is 35.5. The van der Waals surface area contributed by atoms with Crippen LogP contribution in [-0.4, -0.2) is 19.0 Å². The Balaban J connectivity index is 1.68. The molecule has 4 nitrogen and oxygen atoms in total. The van der Waals surface area contributed by atoms with E-state index in [1.807, 2.05) is 0 Å². The number of carbonyl (C=O) groups is 1. The van der Waals surface area contributed by atoms with E-state index in [9.17, 15) is 4.79 Å². The standard InChI is InChI=1S/C17H22ClN3O/c18-15-6-7-16(14(11-15)12-19)20-8-9-21-17(22)10-13-4-2-1-3-5-13/h6-7,11,13,20H,1-5,8-10H2,(H,21,22). The molecule has 0 aliphatic heterocycles. The van der Waals surface area contributed by atoms with Crippen molar-refractivity contribution in [1.82, 2.24) is 5.32 Å². The van der Waals surface area contributed by atoms with Crippen molar-refractivity contribution < 1.29 is 4.79 Å². The van der Waals surface area contributed by atoms with E-state index in [0.717, 1.165) is 5.69 Å². The van der Waals surface area contributed by atoms with Gasteiger partial charge in [-0.1, -0.05) is 30.9 Å². The number of hydrogen-bond donors (Lipinski definition) is 2. The second-order valence-electron chi connectivity index (χ2n) is 5.79. The Labute approximate surface area is 136 Å². The number of nitriles is 1. The second kappa shape index (κ2) is 8.65. The molecule has 22 heavy (non-hydrogen) atoms. The maximum Gasteiger partial charge on any atom is 0.220 e. The largest absolute Gasteiger partial charge is 0.382 e. The van der Waals surface area contributed by atoms with Gasteiger partial charge in [0.1, 0.15) is 6.07 Å². The van der Waals surface area contributed by atoms with Crippen molar-refractivity contribution in [2.45, 2.75) is 38.5 Å². The lowest BCUT2D eigenvalue weighted by atomic mass is 9.87. The molecule has 0 saturated heterocycles. The molecule has 1 aliphatic carbocycles. The molecule has 0 heterocycles. The average molecular weight is 320 g/mol. The van der Waals surface area contributed by atoms with E-state index in [1.54, 1.807) is 18.2 Å². The molecule has 1 amide bonds. The van der Waals surface area contributed by atoms with Gasteiger partial charge in [-0.3, -0.25) is 4.79 Å². The molecule has 0 radical (unpaired) electrons. The summed E-state index contributed by atoms with van der Waals surface area (Å²) in [6.07, 6.45) is 6.83. The van der Waals surface area contributed by atoms with E-state index >= 15 is 0 Å². The van der Waals surface area contributed by atoms with Gasteiger partial charge in [0, 0.05) is 24.5 Å². The molecule has 1 fully saturated rings. The van der Waals surface area contributed by atoms with Crippen LogP contribution in [0.15, 0.2) is 18.2 Å². The van der Waals surface area contributed by atoms with E-state index < -0.39 is 0 Å². The SMILES string of the molecule is N#Cc1cc(Cl)ccc1NCCNC(=O)CC1CCCCC1. The fraction of sp³-hybridized carbons (Fsp3) is 0.529. The summed E-state index contributed by atoms with van der Waals surface area (Å²) in [4.78, 5) is 11.9. The summed E-state index contributed by atoms with van der Waals surface area (Å²) in [6.45, 7) is 1.14. The number of nitrogens with one attached hydrogen (secondary N) is 2. The first-order valence-corrected chi connectivity index (χ1v) is 8.27. The Hall–Kier alpha value is -1.73. The van der Waals surface area contributed by atoms with Crippen LogP contribution >= 0.6 is 11.6 Å². The Morgan fingerprint density at radius 2 is 2.05 bits per heavy atom.